The van der Waals surface area contributed by atoms with Crippen molar-refractivity contribution >= 4 is 0 Å². The second kappa shape index (κ2) is 2.32. The van der Waals surface area contributed by atoms with E-state index in [0.717, 1.165) is 6.42 Å². The van der Waals surface area contributed by atoms with E-state index in [1.165, 1.54) is 0 Å². The monoisotopic (exact) mass is 155 g/mol. The first-order chi connectivity index (χ1) is 4.86. The van der Waals surface area contributed by atoms with Gasteiger partial charge in [0.25, 0.3) is 0 Å². The molecule has 1 aliphatic heterocycles. The zero-order valence-corrected chi connectivity index (χ0v) is 7.77. The number of nitrogens with one attached hydrogen (secondary N) is 1. The molecule has 1 rings (SSSR count). The molecule has 2 nitrogen and oxygen atoms in total. The third-order valence-corrected chi connectivity index (χ3v) is 2.36. The molecule has 1 heterocycles. The first-order valence-corrected chi connectivity index (χ1v) is 4.09. The molecule has 0 aromatic heterocycles. The first-order valence-electron chi connectivity index (χ1n) is 4.09. The van der Waals surface area contributed by atoms with Gasteiger partial charge in [-0.25, -0.2) is 0 Å². The summed E-state index contributed by atoms with van der Waals surface area (Å²) in [6, 6.07) is 0. The summed E-state index contributed by atoms with van der Waals surface area (Å²) >= 11 is 0. The third-order valence-electron chi connectivity index (χ3n) is 2.36. The number of hydroxylamine groups is 2. The fraction of sp³-hybridized carbons (Fsp3) is 0.778. The Morgan fingerprint density at radius 2 is 1.82 bits per heavy atom. The molecule has 64 valence electrons. The highest BCUT2D eigenvalue weighted by Gasteiger charge is 2.36. The predicted octanol–water partition coefficient (Wildman–Crippen LogP) is 0.886. The minimum Gasteiger partial charge on any atom is -0.633 e. The summed E-state index contributed by atoms with van der Waals surface area (Å²) in [6.07, 6.45) is 5.01. The standard InChI is InChI=1S/C9H17NO/c1-8(2)6-5-7-9(3,4)10(8)11/h5-6,10H,7H2,1-4H3. The molecule has 1 aliphatic rings. The van der Waals surface area contributed by atoms with Gasteiger partial charge in [-0.05, 0) is 33.8 Å². The summed E-state index contributed by atoms with van der Waals surface area (Å²) in [5.41, 5.74) is -0.403. The number of hydrogen-bond acceptors (Lipinski definition) is 1. The SMILES string of the molecule is CC1(C)C=CCC(C)(C)[NH+]1[O-]. The summed E-state index contributed by atoms with van der Waals surface area (Å²) < 4.78 is 0. The van der Waals surface area contributed by atoms with Crippen LogP contribution in [0.1, 0.15) is 34.1 Å². The molecule has 0 aromatic carbocycles. The Balaban J connectivity index is 2.91. The average molecular weight is 155 g/mol. The molecule has 1 unspecified atom stereocenters. The highest BCUT2D eigenvalue weighted by Crippen LogP contribution is 2.15. The van der Waals surface area contributed by atoms with Crippen molar-refractivity contribution in [3.63, 3.8) is 0 Å². The van der Waals surface area contributed by atoms with E-state index in [-0.39, 0.29) is 11.1 Å². The van der Waals surface area contributed by atoms with Crippen LogP contribution in [0, 0.1) is 5.21 Å². The van der Waals surface area contributed by atoms with Crippen LogP contribution in [-0.4, -0.2) is 11.1 Å². The molecule has 0 spiro atoms. The van der Waals surface area contributed by atoms with E-state index < -0.39 is 0 Å². The molecule has 0 aromatic rings. The van der Waals surface area contributed by atoms with Crippen LogP contribution >= 0.6 is 0 Å². The van der Waals surface area contributed by atoms with Gasteiger partial charge in [0.05, 0.1) is 5.54 Å². The van der Waals surface area contributed by atoms with Crippen LogP contribution in [0.3, 0.4) is 0 Å². The van der Waals surface area contributed by atoms with Crippen molar-refractivity contribution in [1.29, 1.82) is 0 Å². The molecular weight excluding hydrogens is 138 g/mol. The van der Waals surface area contributed by atoms with Crippen molar-refractivity contribution < 1.29 is 5.06 Å². The van der Waals surface area contributed by atoms with Gasteiger partial charge in [-0.15, -0.1) is 0 Å². The van der Waals surface area contributed by atoms with E-state index in [4.69, 9.17) is 0 Å². The van der Waals surface area contributed by atoms with Crippen molar-refractivity contribution in [3.05, 3.63) is 17.4 Å². The van der Waals surface area contributed by atoms with Crippen LogP contribution in [0.15, 0.2) is 12.2 Å². The molecule has 11 heavy (non-hydrogen) atoms. The molecule has 0 radical (unpaired) electrons. The quantitative estimate of drug-likeness (QED) is 0.408. The van der Waals surface area contributed by atoms with Crippen molar-refractivity contribution in [2.75, 3.05) is 0 Å². The van der Waals surface area contributed by atoms with Gasteiger partial charge in [-0.3, -0.25) is 0 Å². The van der Waals surface area contributed by atoms with Crippen LogP contribution in [0.5, 0.6) is 0 Å². The van der Waals surface area contributed by atoms with Crippen LogP contribution in [0.25, 0.3) is 0 Å². The van der Waals surface area contributed by atoms with Crippen molar-refractivity contribution in [1.82, 2.24) is 0 Å². The van der Waals surface area contributed by atoms with Gasteiger partial charge in [0.2, 0.25) is 0 Å². The second-order valence-electron chi connectivity index (χ2n) is 4.54. The Kier molecular flexibility index (Phi) is 1.85. The van der Waals surface area contributed by atoms with Gasteiger partial charge >= 0.3 is 0 Å². The van der Waals surface area contributed by atoms with E-state index in [9.17, 15) is 5.21 Å². The summed E-state index contributed by atoms with van der Waals surface area (Å²) in [4.78, 5) is 0. The smallest absolute Gasteiger partial charge is 0.111 e. The lowest BCUT2D eigenvalue weighted by atomic mass is 9.88. The molecule has 1 atom stereocenters. The van der Waals surface area contributed by atoms with Crippen molar-refractivity contribution in [2.45, 2.75) is 45.2 Å². The van der Waals surface area contributed by atoms with E-state index in [2.05, 4.69) is 6.08 Å². The number of hydrogen-bond donors (Lipinski definition) is 1. The summed E-state index contributed by atoms with van der Waals surface area (Å²) in [6.45, 7) is 7.99. The highest BCUT2D eigenvalue weighted by molar-refractivity contribution is 5.03. The van der Waals surface area contributed by atoms with Crippen LogP contribution < -0.4 is 5.06 Å². The lowest BCUT2D eigenvalue weighted by Gasteiger charge is -2.49. The summed E-state index contributed by atoms with van der Waals surface area (Å²) in [7, 11) is 0. The van der Waals surface area contributed by atoms with E-state index in [1.54, 1.807) is 0 Å². The summed E-state index contributed by atoms with van der Waals surface area (Å²) in [5.74, 6) is 0. The number of quaternary nitrogens is 1. The molecule has 0 aliphatic carbocycles. The Labute approximate surface area is 68.5 Å². The normalized spacial score (nSPS) is 33.7. The van der Waals surface area contributed by atoms with Crippen molar-refractivity contribution in [3.8, 4) is 0 Å². The highest BCUT2D eigenvalue weighted by atomic mass is 16.5. The summed E-state index contributed by atoms with van der Waals surface area (Å²) in [5, 5.41) is 12.1. The Morgan fingerprint density at radius 3 is 2.18 bits per heavy atom. The molecular formula is C9H17NO. The third kappa shape index (κ3) is 1.47. The molecule has 1 N–H and O–H groups in total. The molecule has 0 saturated carbocycles. The molecule has 0 bridgehead atoms. The van der Waals surface area contributed by atoms with Gasteiger partial charge in [0.15, 0.2) is 0 Å². The zero-order valence-electron chi connectivity index (χ0n) is 7.77. The van der Waals surface area contributed by atoms with Gasteiger partial charge in [0, 0.05) is 6.42 Å². The zero-order chi connectivity index (χ0) is 8.70. The second-order valence-corrected chi connectivity index (χ2v) is 4.54. The number of rotatable bonds is 0. The van der Waals surface area contributed by atoms with Crippen LogP contribution in [-0.2, 0) is 0 Å². The molecule has 0 amide bonds. The minimum absolute atomic E-state index is 0.155. The van der Waals surface area contributed by atoms with Gasteiger partial charge in [-0.1, -0.05) is 6.08 Å². The van der Waals surface area contributed by atoms with Crippen molar-refractivity contribution in [2.24, 2.45) is 0 Å². The Hall–Kier alpha value is -0.340. The fourth-order valence-electron chi connectivity index (χ4n) is 1.69. The van der Waals surface area contributed by atoms with Crippen LogP contribution in [0.4, 0.5) is 0 Å². The largest absolute Gasteiger partial charge is 0.633 e. The first kappa shape index (κ1) is 8.75. The maximum absolute atomic E-state index is 11.7. The van der Waals surface area contributed by atoms with E-state index in [0.29, 0.717) is 5.06 Å². The maximum Gasteiger partial charge on any atom is 0.111 e. The van der Waals surface area contributed by atoms with E-state index >= 15 is 0 Å². The molecule has 0 fully saturated rings. The van der Waals surface area contributed by atoms with Crippen LogP contribution in [0.2, 0.25) is 0 Å². The lowest BCUT2D eigenvalue weighted by molar-refractivity contribution is -0.942. The van der Waals surface area contributed by atoms with Gasteiger partial charge < -0.3 is 10.3 Å². The predicted molar refractivity (Wildman–Crippen MR) is 46.2 cm³/mol. The fourth-order valence-corrected chi connectivity index (χ4v) is 1.69. The molecule has 2 heteroatoms. The molecule has 0 saturated heterocycles. The average Bonchev–Trinajstić information content (AvgIpc) is 1.82. The Bertz CT molecular complexity index is 182. The van der Waals surface area contributed by atoms with Gasteiger partial charge in [-0.2, -0.15) is 0 Å². The van der Waals surface area contributed by atoms with Gasteiger partial charge in [0.1, 0.15) is 5.54 Å². The maximum atomic E-state index is 11.7. The minimum atomic E-state index is -0.248. The lowest BCUT2D eigenvalue weighted by Crippen LogP contribution is -3.22. The Morgan fingerprint density at radius 1 is 1.27 bits per heavy atom. The van der Waals surface area contributed by atoms with E-state index in [1.807, 2.05) is 33.8 Å². The topological polar surface area (TPSA) is 27.5 Å².